The van der Waals surface area contributed by atoms with Crippen LogP contribution in [0.2, 0.25) is 0 Å². The van der Waals surface area contributed by atoms with E-state index in [4.69, 9.17) is 0 Å². The number of anilines is 2. The summed E-state index contributed by atoms with van der Waals surface area (Å²) < 4.78 is 27.0. The maximum atomic E-state index is 13.1. The fourth-order valence-electron chi connectivity index (χ4n) is 3.67. The third-order valence-corrected chi connectivity index (χ3v) is 5.26. The number of amides is 2. The lowest BCUT2D eigenvalue weighted by Crippen LogP contribution is -2.36. The van der Waals surface area contributed by atoms with Crippen molar-refractivity contribution in [2.24, 2.45) is 0 Å². The molecule has 1 aromatic heterocycles. The number of imidazole rings is 1. The molecule has 2 fully saturated rings. The molecule has 1 N–H and O–H groups in total. The Morgan fingerprint density at radius 3 is 2.79 bits per heavy atom. The molecule has 1 aliphatic carbocycles. The predicted octanol–water partition coefficient (Wildman–Crippen LogP) is 3.01. The summed E-state index contributed by atoms with van der Waals surface area (Å²) in [7, 11) is 0. The molecule has 2 aromatic rings. The number of carbonyl (C=O) groups excluding carboxylic acids is 2. The van der Waals surface area contributed by atoms with Crippen LogP contribution in [-0.2, 0) is 16.1 Å². The van der Waals surface area contributed by atoms with E-state index in [9.17, 15) is 18.4 Å². The number of nitrogens with one attached hydrogen (secondary N) is 1. The number of para-hydroxylation sites is 2. The van der Waals surface area contributed by atoms with Gasteiger partial charge in [0.15, 0.2) is 0 Å². The summed E-state index contributed by atoms with van der Waals surface area (Å²) in [6, 6.07) is 7.41. The van der Waals surface area contributed by atoms with E-state index < -0.39 is 6.55 Å². The topological polar surface area (TPSA) is 70.5 Å². The van der Waals surface area contributed by atoms with Gasteiger partial charge in [-0.25, -0.2) is 4.98 Å². The lowest BCUT2D eigenvalue weighted by Gasteiger charge is -2.23. The Hall–Kier alpha value is -2.81. The Kier molecular flexibility index (Phi) is 5.57. The maximum absolute atomic E-state index is 13.1. The van der Waals surface area contributed by atoms with Gasteiger partial charge >= 0.3 is 6.55 Å². The van der Waals surface area contributed by atoms with E-state index in [0.717, 1.165) is 23.8 Å². The number of hydrogen-bond donors (Lipinski definition) is 1. The molecule has 0 unspecified atom stereocenters. The van der Waals surface area contributed by atoms with Gasteiger partial charge in [-0.1, -0.05) is 12.1 Å². The highest BCUT2D eigenvalue weighted by Gasteiger charge is 2.32. The second-order valence-electron chi connectivity index (χ2n) is 7.38. The maximum Gasteiger partial charge on any atom is 0.319 e. The van der Waals surface area contributed by atoms with Crippen molar-refractivity contribution in [3.05, 3.63) is 42.5 Å². The van der Waals surface area contributed by atoms with Gasteiger partial charge in [-0.2, -0.15) is 8.78 Å². The highest BCUT2D eigenvalue weighted by atomic mass is 19.3. The molecule has 1 saturated heterocycles. The number of carbonyl (C=O) groups is 2. The summed E-state index contributed by atoms with van der Waals surface area (Å²) in [4.78, 5) is 32.4. The van der Waals surface area contributed by atoms with Crippen molar-refractivity contribution in [1.82, 2.24) is 14.5 Å². The van der Waals surface area contributed by atoms with E-state index in [-0.39, 0.29) is 36.8 Å². The number of alkyl halides is 2. The van der Waals surface area contributed by atoms with Gasteiger partial charge in [0, 0.05) is 31.4 Å². The first-order valence-corrected chi connectivity index (χ1v) is 9.76. The van der Waals surface area contributed by atoms with Crippen molar-refractivity contribution in [3.8, 4) is 0 Å². The molecule has 1 saturated carbocycles. The fraction of sp³-hybridized carbons (Fsp3) is 0.450. The highest BCUT2D eigenvalue weighted by Crippen LogP contribution is 2.31. The zero-order chi connectivity index (χ0) is 20.4. The first kappa shape index (κ1) is 19.5. The largest absolute Gasteiger partial charge is 0.323 e. The lowest BCUT2D eigenvalue weighted by molar-refractivity contribution is -0.118. The molecule has 0 spiro atoms. The zero-order valence-corrected chi connectivity index (χ0v) is 15.9. The van der Waals surface area contributed by atoms with Gasteiger partial charge in [-0.15, -0.1) is 0 Å². The van der Waals surface area contributed by atoms with Gasteiger partial charge < -0.3 is 10.2 Å². The molecule has 29 heavy (non-hydrogen) atoms. The van der Waals surface area contributed by atoms with Gasteiger partial charge in [-0.3, -0.25) is 19.1 Å². The Bertz CT molecular complexity index is 897. The van der Waals surface area contributed by atoms with Crippen LogP contribution in [0.3, 0.4) is 0 Å². The second-order valence-corrected chi connectivity index (χ2v) is 7.38. The summed E-state index contributed by atoms with van der Waals surface area (Å²) in [5, 5.41) is 2.89. The van der Waals surface area contributed by atoms with Crippen molar-refractivity contribution in [1.29, 1.82) is 0 Å². The number of hydrogen-bond acceptors (Lipinski definition) is 4. The molecule has 0 bridgehead atoms. The third-order valence-electron chi connectivity index (χ3n) is 5.26. The zero-order valence-electron chi connectivity index (χ0n) is 15.9. The standard InChI is InChI=1S/C20H23F2N5O2/c21-20(22)27-11-9-23-17(27)12-25(14-7-8-14)13-18(28)24-15-4-1-2-5-16(15)26-10-3-6-19(26)29/h1-2,4-5,9,11,14,20H,3,6-8,10,12-13H2,(H,24,28). The molecule has 4 rings (SSSR count). The van der Waals surface area contributed by atoms with Crippen molar-refractivity contribution in [3.63, 3.8) is 0 Å². The number of nitrogens with zero attached hydrogens (tertiary/aromatic N) is 4. The Morgan fingerprint density at radius 1 is 1.31 bits per heavy atom. The molecular formula is C20H23F2N5O2. The molecule has 2 aliphatic rings. The van der Waals surface area contributed by atoms with Crippen molar-refractivity contribution in [2.45, 2.75) is 44.8 Å². The van der Waals surface area contributed by atoms with Crippen LogP contribution >= 0.6 is 0 Å². The van der Waals surface area contributed by atoms with Crippen LogP contribution in [0, 0.1) is 0 Å². The first-order valence-electron chi connectivity index (χ1n) is 9.76. The van der Waals surface area contributed by atoms with E-state index in [1.165, 1.54) is 12.4 Å². The molecule has 1 aromatic carbocycles. The van der Waals surface area contributed by atoms with Gasteiger partial charge in [0.05, 0.1) is 24.5 Å². The summed E-state index contributed by atoms with van der Waals surface area (Å²) in [5.41, 5.74) is 1.27. The van der Waals surface area contributed by atoms with Crippen molar-refractivity contribution >= 4 is 23.2 Å². The van der Waals surface area contributed by atoms with Gasteiger partial charge in [0.2, 0.25) is 11.8 Å². The van der Waals surface area contributed by atoms with E-state index >= 15 is 0 Å². The first-order chi connectivity index (χ1) is 14.0. The molecule has 154 valence electrons. The molecule has 2 amide bonds. The molecule has 9 heteroatoms. The summed E-state index contributed by atoms with van der Waals surface area (Å²) in [6.07, 6.45) is 5.76. The average Bonchev–Trinajstić information content (AvgIpc) is 3.29. The fourth-order valence-corrected chi connectivity index (χ4v) is 3.67. The van der Waals surface area contributed by atoms with Gasteiger partial charge in [0.25, 0.3) is 0 Å². The van der Waals surface area contributed by atoms with E-state index in [2.05, 4.69) is 10.3 Å². The third kappa shape index (κ3) is 4.45. The normalized spacial score (nSPS) is 16.8. The monoisotopic (exact) mass is 403 g/mol. The van der Waals surface area contributed by atoms with E-state index in [0.29, 0.717) is 24.3 Å². The summed E-state index contributed by atoms with van der Waals surface area (Å²) in [5.74, 6) is 0.0408. The average molecular weight is 403 g/mol. The van der Waals surface area contributed by atoms with Crippen LogP contribution in [0.15, 0.2) is 36.7 Å². The molecule has 2 heterocycles. The molecule has 7 nitrogen and oxygen atoms in total. The number of aromatic nitrogens is 2. The molecule has 0 radical (unpaired) electrons. The van der Waals surface area contributed by atoms with E-state index in [1.54, 1.807) is 17.0 Å². The SMILES string of the molecule is O=C(CN(Cc1nccn1C(F)F)C1CC1)Nc1ccccc1N1CCCC1=O. The number of benzene rings is 1. The Labute approximate surface area is 167 Å². The van der Waals surface area contributed by atoms with Crippen molar-refractivity contribution < 1.29 is 18.4 Å². The quantitative estimate of drug-likeness (QED) is 0.736. The summed E-state index contributed by atoms with van der Waals surface area (Å²) in [6.45, 7) is -1.77. The number of rotatable bonds is 8. The van der Waals surface area contributed by atoms with Crippen LogP contribution in [0.1, 0.15) is 38.1 Å². The van der Waals surface area contributed by atoms with Crippen LogP contribution in [0.25, 0.3) is 0 Å². The summed E-state index contributed by atoms with van der Waals surface area (Å²) >= 11 is 0. The Morgan fingerprint density at radius 2 is 2.10 bits per heavy atom. The highest BCUT2D eigenvalue weighted by molar-refractivity contribution is 6.02. The molecule has 1 aliphatic heterocycles. The minimum Gasteiger partial charge on any atom is -0.323 e. The Balaban J connectivity index is 1.44. The van der Waals surface area contributed by atoms with E-state index in [1.807, 2.05) is 17.0 Å². The minimum atomic E-state index is -2.66. The predicted molar refractivity (Wildman–Crippen MR) is 104 cm³/mol. The van der Waals surface area contributed by atoms with Crippen LogP contribution < -0.4 is 10.2 Å². The van der Waals surface area contributed by atoms with Crippen LogP contribution in [0.4, 0.5) is 20.2 Å². The van der Waals surface area contributed by atoms with Crippen molar-refractivity contribution in [2.75, 3.05) is 23.3 Å². The van der Waals surface area contributed by atoms with Gasteiger partial charge in [0.1, 0.15) is 5.82 Å². The second kappa shape index (κ2) is 8.28. The number of halogens is 2. The minimum absolute atomic E-state index is 0.0464. The lowest BCUT2D eigenvalue weighted by atomic mass is 10.2. The molecule has 0 atom stereocenters. The van der Waals surface area contributed by atoms with Gasteiger partial charge in [-0.05, 0) is 31.4 Å². The van der Waals surface area contributed by atoms with Crippen LogP contribution in [-0.4, -0.2) is 45.4 Å². The molecular weight excluding hydrogens is 380 g/mol. The van der Waals surface area contributed by atoms with Crippen LogP contribution in [0.5, 0.6) is 0 Å². The smallest absolute Gasteiger partial charge is 0.319 e.